The summed E-state index contributed by atoms with van der Waals surface area (Å²) in [5.74, 6) is 0. The summed E-state index contributed by atoms with van der Waals surface area (Å²) in [6, 6.07) is 0. The highest BCUT2D eigenvalue weighted by molar-refractivity contribution is 5.67. The molecule has 62 valence electrons. The molecule has 0 aromatic rings. The van der Waals surface area contributed by atoms with Crippen LogP contribution in [0.25, 0.3) is 0 Å². The van der Waals surface area contributed by atoms with E-state index in [-0.39, 0.29) is 12.0 Å². The van der Waals surface area contributed by atoms with Gasteiger partial charge in [0.25, 0.3) is 0 Å². The molecule has 0 amide bonds. The molecule has 0 saturated heterocycles. The number of aliphatic hydroxyl groups excluding tert-OH is 1. The van der Waals surface area contributed by atoms with Crippen LogP contribution in [0.3, 0.4) is 0 Å². The Bertz CT molecular complexity index is 208. The Balaban J connectivity index is 2.91. The number of aliphatic hydroxyl groups is 1. The van der Waals surface area contributed by atoms with Crippen LogP contribution in [0.4, 0.5) is 0 Å². The van der Waals surface area contributed by atoms with E-state index in [1.165, 1.54) is 0 Å². The zero-order chi connectivity index (χ0) is 8.48. The van der Waals surface area contributed by atoms with E-state index in [1.807, 2.05) is 6.21 Å². The van der Waals surface area contributed by atoms with Crippen molar-refractivity contribution in [1.29, 1.82) is 0 Å². The zero-order valence-electron chi connectivity index (χ0n) is 7.39. The van der Waals surface area contributed by atoms with Crippen LogP contribution in [-0.4, -0.2) is 17.9 Å². The maximum absolute atomic E-state index is 8.96. The Morgan fingerprint density at radius 2 is 2.18 bits per heavy atom. The van der Waals surface area contributed by atoms with E-state index in [4.69, 9.17) is 5.11 Å². The van der Waals surface area contributed by atoms with E-state index >= 15 is 0 Å². The third-order valence-corrected chi connectivity index (χ3v) is 1.79. The summed E-state index contributed by atoms with van der Waals surface area (Å²) in [6.07, 6.45) is 2.69. The third kappa shape index (κ3) is 1.69. The molecule has 1 aliphatic rings. The van der Waals surface area contributed by atoms with E-state index < -0.39 is 0 Å². The highest BCUT2D eigenvalue weighted by atomic mass is 16.3. The normalized spacial score (nSPS) is 18.2. The Kier molecular flexibility index (Phi) is 2.14. The summed E-state index contributed by atoms with van der Waals surface area (Å²) in [5, 5.41) is 8.96. The van der Waals surface area contributed by atoms with Gasteiger partial charge in [0.2, 0.25) is 0 Å². The summed E-state index contributed by atoms with van der Waals surface area (Å²) in [4.78, 5) is 4.25. The fourth-order valence-electron chi connectivity index (χ4n) is 1.30. The Morgan fingerprint density at radius 3 is 2.55 bits per heavy atom. The SMILES string of the molecule is CC(C)(C)C1=C(CO)CC=N1. The van der Waals surface area contributed by atoms with Crippen molar-refractivity contribution < 1.29 is 5.11 Å². The van der Waals surface area contributed by atoms with Gasteiger partial charge in [-0.2, -0.15) is 0 Å². The van der Waals surface area contributed by atoms with Gasteiger partial charge in [-0.1, -0.05) is 20.8 Å². The number of rotatable bonds is 1. The lowest BCUT2D eigenvalue weighted by Gasteiger charge is -2.19. The fourth-order valence-corrected chi connectivity index (χ4v) is 1.30. The summed E-state index contributed by atoms with van der Waals surface area (Å²) in [7, 11) is 0. The first-order valence-electron chi connectivity index (χ1n) is 3.91. The molecule has 1 heterocycles. The van der Waals surface area contributed by atoms with Crippen LogP contribution in [0.1, 0.15) is 27.2 Å². The summed E-state index contributed by atoms with van der Waals surface area (Å²) >= 11 is 0. The predicted molar refractivity (Wildman–Crippen MR) is 46.7 cm³/mol. The van der Waals surface area contributed by atoms with Crippen LogP contribution >= 0.6 is 0 Å². The van der Waals surface area contributed by atoms with Crippen molar-refractivity contribution in [2.75, 3.05) is 6.61 Å². The van der Waals surface area contributed by atoms with E-state index in [1.54, 1.807) is 0 Å². The zero-order valence-corrected chi connectivity index (χ0v) is 7.39. The predicted octanol–water partition coefficient (Wildman–Crippen LogP) is 1.75. The topological polar surface area (TPSA) is 32.6 Å². The smallest absolute Gasteiger partial charge is 0.0666 e. The molecule has 0 saturated carbocycles. The molecule has 0 bridgehead atoms. The van der Waals surface area contributed by atoms with E-state index in [0.29, 0.717) is 0 Å². The van der Waals surface area contributed by atoms with Crippen molar-refractivity contribution in [3.8, 4) is 0 Å². The molecular formula is C9H15NO. The number of aliphatic imine (C=N–C) groups is 1. The van der Waals surface area contributed by atoms with Crippen molar-refractivity contribution in [3.63, 3.8) is 0 Å². The van der Waals surface area contributed by atoms with Gasteiger partial charge in [0.05, 0.1) is 6.61 Å². The highest BCUT2D eigenvalue weighted by Crippen LogP contribution is 2.32. The highest BCUT2D eigenvalue weighted by Gasteiger charge is 2.22. The van der Waals surface area contributed by atoms with E-state index in [9.17, 15) is 0 Å². The Hall–Kier alpha value is -0.630. The van der Waals surface area contributed by atoms with Gasteiger partial charge in [0.15, 0.2) is 0 Å². The van der Waals surface area contributed by atoms with E-state index in [2.05, 4.69) is 25.8 Å². The summed E-state index contributed by atoms with van der Waals surface area (Å²) in [6.45, 7) is 6.48. The lowest BCUT2D eigenvalue weighted by molar-refractivity contribution is 0.324. The lowest BCUT2D eigenvalue weighted by atomic mass is 9.89. The first kappa shape index (κ1) is 8.47. The third-order valence-electron chi connectivity index (χ3n) is 1.79. The van der Waals surface area contributed by atoms with Crippen LogP contribution in [0.5, 0.6) is 0 Å². The first-order valence-corrected chi connectivity index (χ1v) is 3.91. The molecule has 2 heteroatoms. The largest absolute Gasteiger partial charge is 0.392 e. The van der Waals surface area contributed by atoms with Crippen molar-refractivity contribution in [1.82, 2.24) is 0 Å². The van der Waals surface area contributed by atoms with Crippen LogP contribution in [-0.2, 0) is 0 Å². The number of allylic oxidation sites excluding steroid dienone is 1. The van der Waals surface area contributed by atoms with Gasteiger partial charge < -0.3 is 5.11 Å². The number of hydrogen-bond donors (Lipinski definition) is 1. The Morgan fingerprint density at radius 1 is 1.55 bits per heavy atom. The first-order chi connectivity index (χ1) is 5.05. The molecule has 0 aromatic heterocycles. The number of nitrogens with zero attached hydrogens (tertiary/aromatic N) is 1. The molecule has 0 aliphatic carbocycles. The quantitative estimate of drug-likeness (QED) is 0.611. The lowest BCUT2D eigenvalue weighted by Crippen LogP contribution is -2.09. The maximum atomic E-state index is 8.96. The van der Waals surface area contributed by atoms with Crippen LogP contribution < -0.4 is 0 Å². The van der Waals surface area contributed by atoms with Gasteiger partial charge in [0.1, 0.15) is 0 Å². The molecule has 11 heavy (non-hydrogen) atoms. The standard InChI is InChI=1S/C9H15NO/c1-9(2,3)8-7(6-11)4-5-10-8/h5,11H,4,6H2,1-3H3. The average molecular weight is 153 g/mol. The van der Waals surface area contributed by atoms with Gasteiger partial charge >= 0.3 is 0 Å². The molecule has 2 nitrogen and oxygen atoms in total. The molecule has 0 fully saturated rings. The second-order valence-corrected chi connectivity index (χ2v) is 3.88. The van der Waals surface area contributed by atoms with Gasteiger partial charge in [0, 0.05) is 23.7 Å². The minimum Gasteiger partial charge on any atom is -0.392 e. The van der Waals surface area contributed by atoms with Gasteiger partial charge in [-0.05, 0) is 5.57 Å². The summed E-state index contributed by atoms with van der Waals surface area (Å²) < 4.78 is 0. The number of hydrogen-bond acceptors (Lipinski definition) is 2. The molecule has 0 spiro atoms. The van der Waals surface area contributed by atoms with Gasteiger partial charge in [-0.15, -0.1) is 0 Å². The molecule has 1 rings (SSSR count). The fraction of sp³-hybridized carbons (Fsp3) is 0.667. The molecule has 0 aromatic carbocycles. The maximum Gasteiger partial charge on any atom is 0.0666 e. The second-order valence-electron chi connectivity index (χ2n) is 3.88. The van der Waals surface area contributed by atoms with Crippen LogP contribution in [0.2, 0.25) is 0 Å². The molecule has 1 aliphatic heterocycles. The summed E-state index contributed by atoms with van der Waals surface area (Å²) in [5.41, 5.74) is 2.20. The Labute approximate surface area is 67.7 Å². The van der Waals surface area contributed by atoms with Crippen molar-refractivity contribution in [2.45, 2.75) is 27.2 Å². The molecule has 1 N–H and O–H groups in total. The average Bonchev–Trinajstić information content (AvgIpc) is 2.31. The van der Waals surface area contributed by atoms with Gasteiger partial charge in [-0.3, -0.25) is 4.99 Å². The monoisotopic (exact) mass is 153 g/mol. The molecular weight excluding hydrogens is 138 g/mol. The van der Waals surface area contributed by atoms with Crippen molar-refractivity contribution in [2.24, 2.45) is 10.4 Å². The minimum atomic E-state index is 0.0745. The van der Waals surface area contributed by atoms with Crippen LogP contribution in [0.15, 0.2) is 16.3 Å². The van der Waals surface area contributed by atoms with Crippen molar-refractivity contribution in [3.05, 3.63) is 11.3 Å². The minimum absolute atomic E-state index is 0.0745. The molecule has 0 radical (unpaired) electrons. The van der Waals surface area contributed by atoms with E-state index in [0.717, 1.165) is 17.7 Å². The second kappa shape index (κ2) is 2.78. The van der Waals surface area contributed by atoms with Gasteiger partial charge in [-0.25, -0.2) is 0 Å². The molecule has 0 unspecified atom stereocenters. The molecule has 0 atom stereocenters. The van der Waals surface area contributed by atoms with Crippen LogP contribution in [0, 0.1) is 5.41 Å². The van der Waals surface area contributed by atoms with Crippen molar-refractivity contribution >= 4 is 6.21 Å².